The summed E-state index contributed by atoms with van der Waals surface area (Å²) in [6.07, 6.45) is 0.0957. The number of esters is 2. The van der Waals surface area contributed by atoms with Gasteiger partial charge >= 0.3 is 18.0 Å². The van der Waals surface area contributed by atoms with Crippen molar-refractivity contribution in [2.24, 2.45) is 5.92 Å². The molecule has 0 spiro atoms. The third kappa shape index (κ3) is 18.5. The van der Waals surface area contributed by atoms with Crippen LogP contribution >= 0.6 is 0 Å². The topological polar surface area (TPSA) is 153 Å². The minimum Gasteiger partial charge on any atom is -0.487 e. The molecule has 0 aliphatic rings. The van der Waals surface area contributed by atoms with E-state index in [4.69, 9.17) is 27.9 Å². The monoisotopic (exact) mass is 659 g/mol. The maximum absolute atomic E-state index is 13.5. The largest absolute Gasteiger partial charge is 0.487 e. The van der Waals surface area contributed by atoms with Crippen molar-refractivity contribution in [1.82, 2.24) is 5.32 Å². The fraction of sp³-hybridized carbons (Fsp3) is 0.719. The van der Waals surface area contributed by atoms with Gasteiger partial charge in [-0.2, -0.15) is 8.42 Å². The van der Waals surface area contributed by atoms with E-state index in [2.05, 4.69) is 5.32 Å². The number of hydrogen-bond acceptors (Lipinski definition) is 11. The first-order valence-electron chi connectivity index (χ1n) is 14.9. The highest BCUT2D eigenvalue weighted by Gasteiger charge is 2.35. The van der Waals surface area contributed by atoms with Crippen LogP contribution in [0.3, 0.4) is 0 Å². The molecule has 0 heterocycles. The van der Waals surface area contributed by atoms with Gasteiger partial charge in [-0.05, 0) is 114 Å². The van der Waals surface area contributed by atoms with E-state index in [1.165, 1.54) is 0 Å². The van der Waals surface area contributed by atoms with Crippen LogP contribution in [0.25, 0.3) is 0 Å². The van der Waals surface area contributed by atoms with Gasteiger partial charge in [-0.3, -0.25) is 8.98 Å². The Morgan fingerprint density at radius 1 is 0.733 bits per heavy atom. The fourth-order valence-corrected chi connectivity index (χ4v) is 4.17. The number of hydrogen-bond donors (Lipinski definition) is 1. The molecule has 0 aliphatic heterocycles. The lowest BCUT2D eigenvalue weighted by molar-refractivity contribution is -0.162. The summed E-state index contributed by atoms with van der Waals surface area (Å²) >= 11 is 0. The molecule has 0 aliphatic carbocycles. The van der Waals surface area contributed by atoms with Gasteiger partial charge in [0.2, 0.25) is 0 Å². The average molecular weight is 660 g/mol. The fourth-order valence-electron chi connectivity index (χ4n) is 3.80. The number of rotatable bonds is 13. The summed E-state index contributed by atoms with van der Waals surface area (Å²) in [5.41, 5.74) is -2.46. The van der Waals surface area contributed by atoms with Crippen LogP contribution in [-0.4, -0.2) is 74.4 Å². The van der Waals surface area contributed by atoms with Crippen LogP contribution in [0, 0.1) is 5.92 Å². The van der Waals surface area contributed by atoms with Gasteiger partial charge in [0.1, 0.15) is 41.7 Å². The van der Waals surface area contributed by atoms with Crippen LogP contribution in [0.5, 0.6) is 11.5 Å². The zero-order valence-corrected chi connectivity index (χ0v) is 29.9. The van der Waals surface area contributed by atoms with E-state index in [-0.39, 0.29) is 26.1 Å². The van der Waals surface area contributed by atoms with Crippen molar-refractivity contribution in [2.45, 2.75) is 124 Å². The molecular weight excluding hydrogens is 606 g/mol. The van der Waals surface area contributed by atoms with Gasteiger partial charge < -0.3 is 29.0 Å². The van der Waals surface area contributed by atoms with E-state index in [9.17, 15) is 22.8 Å². The van der Waals surface area contributed by atoms with Crippen molar-refractivity contribution >= 4 is 28.1 Å². The molecular formula is C32H53NO11S. The Balaban J connectivity index is 3.46. The van der Waals surface area contributed by atoms with Gasteiger partial charge in [-0.25, -0.2) is 9.59 Å². The van der Waals surface area contributed by atoms with Crippen LogP contribution in [-0.2, 0) is 44.5 Å². The molecule has 0 radical (unpaired) electrons. The predicted molar refractivity (Wildman–Crippen MR) is 170 cm³/mol. The SMILES string of the molecule is CC(C)(C)OC(=O)N[C@@H](C[C@H](Cc1ccc(OCCOS(C)(=O)=O)c(OC(C)(C)C)c1)C(=O)OC(C)(C)C)C(=O)OC(C)(C)C. The summed E-state index contributed by atoms with van der Waals surface area (Å²) in [6.45, 7) is 20.7. The van der Waals surface area contributed by atoms with Crippen LogP contribution in [0.15, 0.2) is 18.2 Å². The van der Waals surface area contributed by atoms with Crippen LogP contribution in [0.1, 0.15) is 95.1 Å². The quantitative estimate of drug-likeness (QED) is 0.126. The Labute approximate surface area is 268 Å². The van der Waals surface area contributed by atoms with Crippen LogP contribution in [0.2, 0.25) is 0 Å². The Hall–Kier alpha value is -3.06. The number of carbonyl (C=O) groups is 3. The molecule has 0 aromatic heterocycles. The Bertz CT molecular complexity index is 1260. The molecule has 258 valence electrons. The Morgan fingerprint density at radius 2 is 1.27 bits per heavy atom. The van der Waals surface area contributed by atoms with Crippen LogP contribution < -0.4 is 14.8 Å². The molecule has 1 aromatic rings. The van der Waals surface area contributed by atoms with Gasteiger partial charge in [0.25, 0.3) is 10.1 Å². The molecule has 0 saturated carbocycles. The zero-order chi connectivity index (χ0) is 35.0. The van der Waals surface area contributed by atoms with Crippen molar-refractivity contribution in [1.29, 1.82) is 0 Å². The van der Waals surface area contributed by atoms with Crippen molar-refractivity contribution in [2.75, 3.05) is 19.5 Å². The Morgan fingerprint density at radius 3 is 1.76 bits per heavy atom. The second-order valence-electron chi connectivity index (χ2n) is 14.8. The van der Waals surface area contributed by atoms with Crippen LogP contribution in [0.4, 0.5) is 4.79 Å². The second-order valence-corrected chi connectivity index (χ2v) is 16.4. The summed E-state index contributed by atoms with van der Waals surface area (Å²) in [6, 6.07) is 3.86. The summed E-state index contributed by atoms with van der Waals surface area (Å²) in [5.74, 6) is -1.48. The first kappa shape index (κ1) is 40.0. The first-order valence-corrected chi connectivity index (χ1v) is 16.7. The molecule has 1 N–H and O–H groups in total. The smallest absolute Gasteiger partial charge is 0.408 e. The third-order valence-electron chi connectivity index (χ3n) is 5.19. The number of alkyl carbamates (subject to hydrolysis) is 1. The molecule has 13 heteroatoms. The standard InChI is InChI=1S/C32H53NO11S/c1-29(2,3)41-25-19-21(14-15-24(25)39-16-17-40-45(13,37)38)18-22(26(34)42-30(4,5)6)20-23(27(35)43-31(7,8)9)33-28(36)44-32(10,11)12/h14-15,19,22-23H,16-18,20H2,1-13H3,(H,33,36)/t22-,23-/m0/s1. The molecule has 12 nitrogen and oxygen atoms in total. The van der Waals surface area contributed by atoms with Gasteiger partial charge in [-0.1, -0.05) is 6.07 Å². The number of amides is 1. The molecule has 0 saturated heterocycles. The average Bonchev–Trinajstić information content (AvgIpc) is 2.76. The zero-order valence-electron chi connectivity index (χ0n) is 29.1. The van der Waals surface area contributed by atoms with Gasteiger partial charge in [0, 0.05) is 0 Å². The molecule has 1 aromatic carbocycles. The lowest BCUT2D eigenvalue weighted by Crippen LogP contribution is -2.48. The Kier molecular flexibility index (Phi) is 13.8. The highest BCUT2D eigenvalue weighted by molar-refractivity contribution is 7.85. The van der Waals surface area contributed by atoms with E-state index >= 15 is 0 Å². The van der Waals surface area contributed by atoms with Gasteiger partial charge in [-0.15, -0.1) is 0 Å². The number of carbonyl (C=O) groups excluding carboxylic acids is 3. The normalized spacial score (nSPS) is 14.2. The first-order chi connectivity index (χ1) is 20.1. The number of nitrogens with one attached hydrogen (secondary N) is 1. The lowest BCUT2D eigenvalue weighted by atomic mass is 9.92. The lowest BCUT2D eigenvalue weighted by Gasteiger charge is -2.29. The molecule has 45 heavy (non-hydrogen) atoms. The molecule has 0 unspecified atom stereocenters. The summed E-state index contributed by atoms with van der Waals surface area (Å²) in [4.78, 5) is 39.5. The van der Waals surface area contributed by atoms with Crippen molar-refractivity contribution in [3.05, 3.63) is 23.8 Å². The van der Waals surface area contributed by atoms with E-state index in [1.54, 1.807) is 80.5 Å². The van der Waals surface area contributed by atoms with Crippen molar-refractivity contribution < 1.29 is 50.7 Å². The highest BCUT2D eigenvalue weighted by atomic mass is 32.2. The number of benzene rings is 1. The number of ether oxygens (including phenoxy) is 5. The molecule has 0 bridgehead atoms. The molecule has 2 atom stereocenters. The maximum Gasteiger partial charge on any atom is 0.408 e. The summed E-state index contributed by atoms with van der Waals surface area (Å²) in [7, 11) is -3.62. The summed E-state index contributed by atoms with van der Waals surface area (Å²) < 4.78 is 55.9. The molecule has 1 rings (SSSR count). The molecule has 0 fully saturated rings. The predicted octanol–water partition coefficient (Wildman–Crippen LogP) is 5.34. The van der Waals surface area contributed by atoms with E-state index in [1.807, 2.05) is 20.8 Å². The minimum absolute atomic E-state index is 0.0542. The summed E-state index contributed by atoms with van der Waals surface area (Å²) in [5, 5.41) is 2.58. The van der Waals surface area contributed by atoms with E-state index in [0.717, 1.165) is 6.26 Å². The van der Waals surface area contributed by atoms with E-state index < -0.39 is 62.5 Å². The molecule has 1 amide bonds. The van der Waals surface area contributed by atoms with Gasteiger partial charge in [0.15, 0.2) is 11.5 Å². The third-order valence-corrected chi connectivity index (χ3v) is 5.78. The van der Waals surface area contributed by atoms with Gasteiger partial charge in [0.05, 0.1) is 12.2 Å². The second kappa shape index (κ2) is 15.5. The van der Waals surface area contributed by atoms with E-state index in [0.29, 0.717) is 17.1 Å². The minimum atomic E-state index is -3.62. The maximum atomic E-state index is 13.5. The van der Waals surface area contributed by atoms with Crippen molar-refractivity contribution in [3.8, 4) is 11.5 Å². The highest BCUT2D eigenvalue weighted by Crippen LogP contribution is 2.33. The van der Waals surface area contributed by atoms with Crippen molar-refractivity contribution in [3.63, 3.8) is 0 Å².